The zero-order valence-corrected chi connectivity index (χ0v) is 14.0. The average molecular weight is 303 g/mol. The summed E-state index contributed by atoms with van der Waals surface area (Å²) in [6, 6.07) is 0. The van der Waals surface area contributed by atoms with Crippen LogP contribution >= 0.6 is 0 Å². The smallest absolute Gasteiger partial charge is 0.274 e. The first-order chi connectivity index (χ1) is 10.7. The molecule has 2 aliphatic heterocycles. The molecule has 2 rings (SSSR count). The van der Waals surface area contributed by atoms with Gasteiger partial charge < -0.3 is 10.2 Å². The molecule has 0 bridgehead atoms. The molecular weight excluding hydrogens is 274 g/mol. The van der Waals surface area contributed by atoms with Crippen LogP contribution in [0, 0.1) is 5.92 Å². The van der Waals surface area contributed by atoms with Gasteiger partial charge in [-0.1, -0.05) is 39.2 Å². The summed E-state index contributed by atoms with van der Waals surface area (Å²) in [5.41, 5.74) is 1.46. The van der Waals surface area contributed by atoms with E-state index < -0.39 is 0 Å². The van der Waals surface area contributed by atoms with Gasteiger partial charge >= 0.3 is 0 Å². The van der Waals surface area contributed by atoms with Crippen LogP contribution in [0.25, 0.3) is 0 Å². The van der Waals surface area contributed by atoms with Crippen molar-refractivity contribution in [1.29, 1.82) is 0 Å². The Kier molecular flexibility index (Phi) is 6.69. The molecule has 0 saturated heterocycles. The van der Waals surface area contributed by atoms with Crippen molar-refractivity contribution in [2.24, 2.45) is 10.9 Å². The number of nitrogens with zero attached hydrogens (tertiary/aromatic N) is 2. The molecule has 2 heterocycles. The van der Waals surface area contributed by atoms with Gasteiger partial charge in [-0.2, -0.15) is 0 Å². The van der Waals surface area contributed by atoms with E-state index in [4.69, 9.17) is 0 Å². The van der Waals surface area contributed by atoms with Gasteiger partial charge in [0.05, 0.1) is 5.70 Å². The number of rotatable bonds is 5. The molecular formula is C18H29N3O. The van der Waals surface area contributed by atoms with Crippen molar-refractivity contribution in [2.45, 2.75) is 52.4 Å². The highest BCUT2D eigenvalue weighted by Gasteiger charge is 2.22. The Morgan fingerprint density at radius 2 is 2.23 bits per heavy atom. The fourth-order valence-corrected chi connectivity index (χ4v) is 2.80. The van der Waals surface area contributed by atoms with Gasteiger partial charge in [-0.05, 0) is 31.3 Å². The number of allylic oxidation sites excluding steroid dienone is 2. The van der Waals surface area contributed by atoms with E-state index in [0.717, 1.165) is 44.6 Å². The zero-order chi connectivity index (χ0) is 15.8. The van der Waals surface area contributed by atoms with Crippen molar-refractivity contribution >= 4 is 12.1 Å². The van der Waals surface area contributed by atoms with Crippen LogP contribution in [0.4, 0.5) is 0 Å². The largest absolute Gasteiger partial charge is 0.383 e. The third-order valence-corrected chi connectivity index (χ3v) is 4.24. The first kappa shape index (κ1) is 16.8. The van der Waals surface area contributed by atoms with Crippen LogP contribution in [0.3, 0.4) is 0 Å². The van der Waals surface area contributed by atoms with Crippen molar-refractivity contribution in [3.8, 4) is 0 Å². The molecule has 0 aromatic rings. The van der Waals surface area contributed by atoms with Crippen LogP contribution in [0.2, 0.25) is 0 Å². The molecule has 4 nitrogen and oxygen atoms in total. The summed E-state index contributed by atoms with van der Waals surface area (Å²) in [6.45, 7) is 6.95. The molecule has 122 valence electrons. The van der Waals surface area contributed by atoms with E-state index in [1.54, 1.807) is 0 Å². The molecule has 1 N–H and O–H groups in total. The Morgan fingerprint density at radius 1 is 1.36 bits per heavy atom. The van der Waals surface area contributed by atoms with Crippen molar-refractivity contribution in [3.05, 3.63) is 23.5 Å². The maximum atomic E-state index is 12.8. The minimum atomic E-state index is 0.0779. The van der Waals surface area contributed by atoms with E-state index in [1.165, 1.54) is 19.3 Å². The minimum Gasteiger partial charge on any atom is -0.383 e. The first-order valence-electron chi connectivity index (χ1n) is 8.70. The Balaban J connectivity index is 2.12. The van der Waals surface area contributed by atoms with Crippen LogP contribution in [0.15, 0.2) is 28.5 Å². The number of carbonyl (C=O) groups excluding carboxylic acids is 1. The second-order valence-electron chi connectivity index (χ2n) is 6.28. The van der Waals surface area contributed by atoms with Gasteiger partial charge in [0, 0.05) is 25.8 Å². The van der Waals surface area contributed by atoms with Gasteiger partial charge in [0.25, 0.3) is 5.91 Å². The lowest BCUT2D eigenvalue weighted by atomic mass is 10.1. The highest BCUT2D eigenvalue weighted by atomic mass is 16.2. The van der Waals surface area contributed by atoms with Gasteiger partial charge in [0.2, 0.25) is 0 Å². The van der Waals surface area contributed by atoms with E-state index in [0.29, 0.717) is 11.6 Å². The quantitative estimate of drug-likeness (QED) is 0.792. The molecule has 1 unspecified atom stereocenters. The summed E-state index contributed by atoms with van der Waals surface area (Å²) in [6.07, 6.45) is 12.7. The summed E-state index contributed by atoms with van der Waals surface area (Å²) in [7, 11) is 0. The van der Waals surface area contributed by atoms with Crippen LogP contribution in [0.1, 0.15) is 52.4 Å². The van der Waals surface area contributed by atoms with Gasteiger partial charge in [-0.15, -0.1) is 0 Å². The van der Waals surface area contributed by atoms with E-state index in [-0.39, 0.29) is 5.91 Å². The maximum Gasteiger partial charge on any atom is 0.274 e. The van der Waals surface area contributed by atoms with Gasteiger partial charge in [0.1, 0.15) is 0 Å². The lowest BCUT2D eigenvalue weighted by molar-refractivity contribution is -0.127. The van der Waals surface area contributed by atoms with Crippen molar-refractivity contribution in [2.75, 3.05) is 19.6 Å². The topological polar surface area (TPSA) is 44.7 Å². The first-order valence-corrected chi connectivity index (χ1v) is 8.70. The molecule has 0 aliphatic carbocycles. The average Bonchev–Trinajstić information content (AvgIpc) is 2.49. The molecule has 4 heteroatoms. The SMILES string of the molecule is CCCCCCN1CCCNC2=C(N=CCC(C)C=C2)C1=O. The van der Waals surface area contributed by atoms with E-state index in [9.17, 15) is 4.79 Å². The number of aliphatic imine (C=N–C) groups is 1. The zero-order valence-electron chi connectivity index (χ0n) is 14.0. The van der Waals surface area contributed by atoms with Crippen molar-refractivity contribution in [1.82, 2.24) is 10.2 Å². The standard InChI is InChI=1S/C18H29N3O/c1-3-4-5-6-13-21-14-7-11-19-16-9-8-15(2)10-12-20-17(16)18(21)22/h8-9,12,15,19H,3-7,10-11,13-14H2,1-2H3. The predicted octanol–water partition coefficient (Wildman–Crippen LogP) is 3.27. The van der Waals surface area contributed by atoms with Crippen LogP contribution in [0.5, 0.6) is 0 Å². The van der Waals surface area contributed by atoms with Crippen LogP contribution in [-0.4, -0.2) is 36.7 Å². The monoisotopic (exact) mass is 303 g/mol. The third-order valence-electron chi connectivity index (χ3n) is 4.24. The highest BCUT2D eigenvalue weighted by Crippen LogP contribution is 2.17. The summed E-state index contributed by atoms with van der Waals surface area (Å²) >= 11 is 0. The van der Waals surface area contributed by atoms with Crippen LogP contribution < -0.4 is 5.32 Å². The molecule has 22 heavy (non-hydrogen) atoms. The summed E-state index contributed by atoms with van der Waals surface area (Å²) in [5.74, 6) is 0.541. The Morgan fingerprint density at radius 3 is 3.05 bits per heavy atom. The molecule has 0 saturated carbocycles. The minimum absolute atomic E-state index is 0.0779. The predicted molar refractivity (Wildman–Crippen MR) is 91.8 cm³/mol. The highest BCUT2D eigenvalue weighted by molar-refractivity contribution is 5.95. The Labute approximate surface area is 134 Å². The number of nitrogens with one attached hydrogen (secondary N) is 1. The molecule has 0 radical (unpaired) electrons. The number of hydrogen-bond acceptors (Lipinski definition) is 3. The molecule has 0 fully saturated rings. The van der Waals surface area contributed by atoms with E-state index in [1.807, 2.05) is 17.2 Å². The third kappa shape index (κ3) is 4.72. The number of carbonyl (C=O) groups is 1. The lowest BCUT2D eigenvalue weighted by Gasteiger charge is -2.27. The molecule has 0 aromatic carbocycles. The molecule has 2 aliphatic rings. The fraction of sp³-hybridized carbons (Fsp3) is 0.667. The number of amides is 1. The summed E-state index contributed by atoms with van der Waals surface area (Å²) < 4.78 is 0. The van der Waals surface area contributed by atoms with Gasteiger partial charge in [-0.3, -0.25) is 9.79 Å². The molecule has 1 atom stereocenters. The van der Waals surface area contributed by atoms with Crippen molar-refractivity contribution in [3.63, 3.8) is 0 Å². The number of hydrogen-bond donors (Lipinski definition) is 1. The Hall–Kier alpha value is -1.58. The normalized spacial score (nSPS) is 22.5. The molecule has 0 spiro atoms. The Bertz CT molecular complexity index is 465. The lowest BCUT2D eigenvalue weighted by Crippen LogP contribution is -2.38. The molecule has 1 amide bonds. The van der Waals surface area contributed by atoms with E-state index in [2.05, 4.69) is 30.2 Å². The van der Waals surface area contributed by atoms with Crippen LogP contribution in [-0.2, 0) is 4.79 Å². The van der Waals surface area contributed by atoms with Crippen molar-refractivity contribution < 1.29 is 4.79 Å². The fourth-order valence-electron chi connectivity index (χ4n) is 2.80. The summed E-state index contributed by atoms with van der Waals surface area (Å²) in [5, 5.41) is 3.37. The van der Waals surface area contributed by atoms with E-state index >= 15 is 0 Å². The van der Waals surface area contributed by atoms with Gasteiger partial charge in [0.15, 0.2) is 5.70 Å². The second kappa shape index (κ2) is 8.76. The summed E-state index contributed by atoms with van der Waals surface area (Å²) in [4.78, 5) is 19.3. The molecule has 0 aromatic heterocycles. The maximum absolute atomic E-state index is 12.8. The number of unbranched alkanes of at least 4 members (excludes halogenated alkanes) is 3. The second-order valence-corrected chi connectivity index (χ2v) is 6.28. The van der Waals surface area contributed by atoms with Gasteiger partial charge in [-0.25, -0.2) is 0 Å².